The van der Waals surface area contributed by atoms with Crippen LogP contribution in [0.1, 0.15) is 17.4 Å². The molecule has 0 bridgehead atoms. The van der Waals surface area contributed by atoms with Gasteiger partial charge in [0.15, 0.2) is 0 Å². The van der Waals surface area contributed by atoms with Crippen molar-refractivity contribution in [2.24, 2.45) is 0 Å². The number of hydrogen-bond donors (Lipinski definition) is 1. The van der Waals surface area contributed by atoms with Gasteiger partial charge in [-0.05, 0) is 29.1 Å². The normalized spacial score (nSPS) is 12.8. The highest BCUT2D eigenvalue weighted by Gasteiger charge is 2.20. The summed E-state index contributed by atoms with van der Waals surface area (Å²) in [6, 6.07) is 20.7. The molecule has 0 amide bonds. The van der Waals surface area contributed by atoms with E-state index in [4.69, 9.17) is 0 Å². The van der Waals surface area contributed by atoms with Gasteiger partial charge in [0, 0.05) is 23.6 Å². The predicted molar refractivity (Wildman–Crippen MR) is 113 cm³/mol. The number of aliphatic hydroxyl groups excluding tert-OH is 1. The van der Waals surface area contributed by atoms with Crippen molar-refractivity contribution in [2.75, 3.05) is 6.26 Å². The van der Waals surface area contributed by atoms with Crippen LogP contribution in [0.2, 0.25) is 0 Å². The summed E-state index contributed by atoms with van der Waals surface area (Å²) in [5.41, 5.74) is 1.95. The molecular weight excluding hydrogens is 403 g/mol. The van der Waals surface area contributed by atoms with E-state index in [1.165, 1.54) is 6.07 Å². The lowest BCUT2D eigenvalue weighted by Crippen LogP contribution is -2.11. The van der Waals surface area contributed by atoms with Crippen molar-refractivity contribution in [1.29, 1.82) is 0 Å². The molecule has 3 aromatic carbocycles. The van der Waals surface area contributed by atoms with Crippen molar-refractivity contribution in [3.63, 3.8) is 0 Å². The number of aromatic nitrogens is 2. The summed E-state index contributed by atoms with van der Waals surface area (Å²) in [5, 5.41) is 11.4. The average molecular weight is 422 g/mol. The van der Waals surface area contributed by atoms with E-state index in [9.17, 15) is 17.9 Å². The van der Waals surface area contributed by atoms with Gasteiger partial charge in [-0.3, -0.25) is 0 Å². The van der Waals surface area contributed by atoms with Gasteiger partial charge in [-0.2, -0.15) is 0 Å². The Labute approximate surface area is 173 Å². The highest BCUT2D eigenvalue weighted by Crippen LogP contribution is 2.31. The monoisotopic (exact) mass is 422 g/mol. The van der Waals surface area contributed by atoms with Gasteiger partial charge in [-0.25, -0.2) is 22.8 Å². The van der Waals surface area contributed by atoms with Gasteiger partial charge in [0.05, 0.1) is 11.4 Å². The molecule has 4 rings (SSSR count). The molecule has 1 heterocycles. The lowest BCUT2D eigenvalue weighted by molar-refractivity contribution is 0.172. The van der Waals surface area contributed by atoms with Crippen molar-refractivity contribution in [1.82, 2.24) is 9.97 Å². The van der Waals surface area contributed by atoms with Gasteiger partial charge >= 0.3 is 0 Å². The molecule has 1 unspecified atom stereocenters. The lowest BCUT2D eigenvalue weighted by Gasteiger charge is -2.14. The zero-order valence-electron chi connectivity index (χ0n) is 16.2. The van der Waals surface area contributed by atoms with Crippen LogP contribution in [-0.4, -0.2) is 29.7 Å². The number of halogens is 1. The first-order chi connectivity index (χ1) is 14.3. The maximum absolute atomic E-state index is 14.2. The van der Waals surface area contributed by atoms with E-state index in [1.807, 2.05) is 30.3 Å². The van der Waals surface area contributed by atoms with Gasteiger partial charge in [0.1, 0.15) is 11.9 Å². The number of benzene rings is 3. The summed E-state index contributed by atoms with van der Waals surface area (Å²) in [7, 11) is -3.73. The zero-order chi connectivity index (χ0) is 21.3. The first-order valence-electron chi connectivity index (χ1n) is 9.31. The standard InChI is InChI=1S/C23H19FN2O3S/c1-30(28,29)23-25-20(18-11-12-19(24)17-10-6-5-9-16(17)18)14-21(26-23)22(27)13-15-7-3-2-4-8-15/h2-12,14,22,27H,13H2,1H3. The van der Waals surface area contributed by atoms with Crippen LogP contribution in [0.15, 0.2) is 78.0 Å². The zero-order valence-corrected chi connectivity index (χ0v) is 17.0. The molecule has 0 aliphatic heterocycles. The maximum atomic E-state index is 14.2. The Balaban J connectivity index is 1.87. The smallest absolute Gasteiger partial charge is 0.247 e. The van der Waals surface area contributed by atoms with Crippen LogP contribution in [0.3, 0.4) is 0 Å². The van der Waals surface area contributed by atoms with Crippen molar-refractivity contribution in [3.05, 3.63) is 89.9 Å². The Kier molecular flexibility index (Phi) is 5.32. The van der Waals surface area contributed by atoms with Crippen LogP contribution in [0, 0.1) is 5.82 Å². The second kappa shape index (κ2) is 7.93. The number of aliphatic hydroxyl groups is 1. The van der Waals surface area contributed by atoms with Crippen LogP contribution in [0.25, 0.3) is 22.0 Å². The molecule has 0 saturated heterocycles. The number of rotatable bonds is 5. The molecule has 0 aliphatic carbocycles. The first-order valence-corrected chi connectivity index (χ1v) is 11.2. The van der Waals surface area contributed by atoms with E-state index in [1.54, 1.807) is 36.4 Å². The molecule has 30 heavy (non-hydrogen) atoms. The highest BCUT2D eigenvalue weighted by molar-refractivity contribution is 7.90. The minimum absolute atomic E-state index is 0.192. The fourth-order valence-corrected chi connectivity index (χ4v) is 3.88. The summed E-state index contributed by atoms with van der Waals surface area (Å²) in [6.07, 6.45) is 0.258. The molecule has 7 heteroatoms. The van der Waals surface area contributed by atoms with Gasteiger partial charge in [-0.15, -0.1) is 0 Å². The summed E-state index contributed by atoms with van der Waals surface area (Å²) in [6.45, 7) is 0. The van der Waals surface area contributed by atoms with Gasteiger partial charge < -0.3 is 5.11 Å². The first kappa shape index (κ1) is 20.1. The molecule has 0 fully saturated rings. The van der Waals surface area contributed by atoms with E-state index < -0.39 is 15.9 Å². The number of hydrogen-bond acceptors (Lipinski definition) is 5. The summed E-state index contributed by atoms with van der Waals surface area (Å²) in [4.78, 5) is 8.31. The Morgan fingerprint density at radius 3 is 2.30 bits per heavy atom. The van der Waals surface area contributed by atoms with Gasteiger partial charge in [0.25, 0.3) is 0 Å². The SMILES string of the molecule is CS(=O)(=O)c1nc(-c2ccc(F)c3ccccc23)cc(C(O)Cc2ccccc2)n1. The van der Waals surface area contributed by atoms with Crippen LogP contribution >= 0.6 is 0 Å². The molecular formula is C23H19FN2O3S. The van der Waals surface area contributed by atoms with E-state index in [0.29, 0.717) is 22.0 Å². The number of fused-ring (bicyclic) bond motifs is 1. The molecule has 0 spiro atoms. The Bertz CT molecular complexity index is 1330. The fraction of sp³-hybridized carbons (Fsp3) is 0.130. The second-order valence-electron chi connectivity index (χ2n) is 7.08. The van der Waals surface area contributed by atoms with Gasteiger partial charge in [-0.1, -0.05) is 54.6 Å². The van der Waals surface area contributed by atoms with Crippen molar-refractivity contribution < 1.29 is 17.9 Å². The Morgan fingerprint density at radius 2 is 1.60 bits per heavy atom. The highest BCUT2D eigenvalue weighted by atomic mass is 32.2. The molecule has 152 valence electrons. The van der Waals surface area contributed by atoms with E-state index in [2.05, 4.69) is 9.97 Å². The van der Waals surface area contributed by atoms with Crippen molar-refractivity contribution >= 4 is 20.6 Å². The van der Waals surface area contributed by atoms with Crippen LogP contribution in [0.4, 0.5) is 4.39 Å². The average Bonchev–Trinajstić information content (AvgIpc) is 2.74. The molecule has 0 aliphatic rings. The molecule has 1 aromatic heterocycles. The maximum Gasteiger partial charge on any atom is 0.247 e. The third kappa shape index (κ3) is 4.08. The van der Waals surface area contributed by atoms with Crippen LogP contribution in [0.5, 0.6) is 0 Å². The largest absolute Gasteiger partial charge is 0.386 e. The van der Waals surface area contributed by atoms with Crippen LogP contribution in [-0.2, 0) is 16.3 Å². The van der Waals surface area contributed by atoms with Crippen molar-refractivity contribution in [2.45, 2.75) is 17.7 Å². The summed E-state index contributed by atoms with van der Waals surface area (Å²) >= 11 is 0. The van der Waals surface area contributed by atoms with Gasteiger partial charge in [0.2, 0.25) is 15.0 Å². The van der Waals surface area contributed by atoms with Crippen molar-refractivity contribution in [3.8, 4) is 11.3 Å². The Hall–Kier alpha value is -3.16. The minimum atomic E-state index is -3.73. The molecule has 1 atom stereocenters. The molecule has 5 nitrogen and oxygen atoms in total. The van der Waals surface area contributed by atoms with E-state index in [-0.39, 0.29) is 23.1 Å². The van der Waals surface area contributed by atoms with E-state index >= 15 is 0 Å². The predicted octanol–water partition coefficient (Wildman–Crippen LogP) is 4.12. The quantitative estimate of drug-likeness (QED) is 0.490. The number of sulfone groups is 1. The molecule has 0 saturated carbocycles. The number of nitrogens with zero attached hydrogens (tertiary/aromatic N) is 2. The summed E-state index contributed by atoms with van der Waals surface area (Å²) in [5.74, 6) is -0.379. The molecule has 4 aromatic rings. The minimum Gasteiger partial charge on any atom is -0.386 e. The Morgan fingerprint density at radius 1 is 0.933 bits per heavy atom. The topological polar surface area (TPSA) is 80.2 Å². The summed E-state index contributed by atoms with van der Waals surface area (Å²) < 4.78 is 38.6. The third-order valence-corrected chi connectivity index (χ3v) is 5.66. The molecule has 0 radical (unpaired) electrons. The lowest BCUT2D eigenvalue weighted by atomic mass is 10.00. The third-order valence-electron chi connectivity index (χ3n) is 4.82. The van der Waals surface area contributed by atoms with Crippen LogP contribution < -0.4 is 0 Å². The fourth-order valence-electron chi connectivity index (χ4n) is 3.35. The second-order valence-corrected chi connectivity index (χ2v) is 8.99. The van der Waals surface area contributed by atoms with E-state index in [0.717, 1.165) is 11.8 Å². The molecule has 1 N–H and O–H groups in total.